The minimum Gasteiger partial charge on any atom is -0.486 e. The van der Waals surface area contributed by atoms with Crippen molar-refractivity contribution in [1.82, 2.24) is 5.32 Å². The summed E-state index contributed by atoms with van der Waals surface area (Å²) in [4.78, 5) is 26.0. The molecule has 7 heteroatoms. The first-order valence-electron chi connectivity index (χ1n) is 10.6. The second-order valence-electron chi connectivity index (χ2n) is 7.67. The third kappa shape index (κ3) is 4.57. The summed E-state index contributed by atoms with van der Waals surface area (Å²) in [6.07, 6.45) is 2.11. The van der Waals surface area contributed by atoms with Gasteiger partial charge >= 0.3 is 0 Å². The number of likely N-dealkylation sites (tertiary alicyclic amines) is 1. The van der Waals surface area contributed by atoms with Crippen LogP contribution in [0.5, 0.6) is 11.5 Å². The molecule has 0 radical (unpaired) electrons. The van der Waals surface area contributed by atoms with Crippen LogP contribution in [0.1, 0.15) is 41.7 Å². The fourth-order valence-corrected chi connectivity index (χ4v) is 4.21. The summed E-state index contributed by atoms with van der Waals surface area (Å²) >= 11 is 0. The average Bonchev–Trinajstić information content (AvgIpc) is 3.21. The maximum atomic E-state index is 12.7. The SMILES string of the molecule is CCNC(=O)c1cccc(NC(=O)C[NH+]2CCC[C@H]2c2ccc3c(c2)OCCO3)c1. The van der Waals surface area contributed by atoms with E-state index in [2.05, 4.69) is 22.8 Å². The molecule has 0 saturated carbocycles. The lowest BCUT2D eigenvalue weighted by molar-refractivity contribution is -0.910. The van der Waals surface area contributed by atoms with Gasteiger partial charge in [-0.2, -0.15) is 0 Å². The summed E-state index contributed by atoms with van der Waals surface area (Å²) in [6.45, 7) is 4.91. The summed E-state index contributed by atoms with van der Waals surface area (Å²) in [6, 6.07) is 13.4. The van der Waals surface area contributed by atoms with Gasteiger partial charge in [0.25, 0.3) is 11.8 Å². The molecule has 3 N–H and O–H groups in total. The van der Waals surface area contributed by atoms with E-state index in [4.69, 9.17) is 9.47 Å². The molecule has 2 aliphatic heterocycles. The highest BCUT2D eigenvalue weighted by atomic mass is 16.6. The predicted octanol–water partition coefficient (Wildman–Crippen LogP) is 1.57. The van der Waals surface area contributed by atoms with Crippen LogP contribution in [0.15, 0.2) is 42.5 Å². The number of carbonyl (C=O) groups is 2. The molecule has 0 spiro atoms. The smallest absolute Gasteiger partial charge is 0.279 e. The molecule has 4 rings (SSSR count). The fraction of sp³-hybridized carbons (Fsp3) is 0.391. The number of fused-ring (bicyclic) bond motifs is 1. The lowest BCUT2D eigenvalue weighted by Crippen LogP contribution is -3.11. The van der Waals surface area contributed by atoms with Crippen LogP contribution in [0.2, 0.25) is 0 Å². The van der Waals surface area contributed by atoms with Gasteiger partial charge < -0.3 is 25.0 Å². The van der Waals surface area contributed by atoms with Crippen molar-refractivity contribution in [2.24, 2.45) is 0 Å². The zero-order chi connectivity index (χ0) is 20.9. The number of nitrogens with one attached hydrogen (secondary N) is 3. The van der Waals surface area contributed by atoms with Crippen LogP contribution in [0.4, 0.5) is 5.69 Å². The minimum atomic E-state index is -0.141. The van der Waals surface area contributed by atoms with E-state index in [-0.39, 0.29) is 17.9 Å². The number of benzene rings is 2. The molecule has 158 valence electrons. The molecule has 2 aromatic carbocycles. The molecular weight excluding hydrogens is 382 g/mol. The zero-order valence-electron chi connectivity index (χ0n) is 17.2. The number of amides is 2. The molecule has 7 nitrogen and oxygen atoms in total. The van der Waals surface area contributed by atoms with E-state index in [0.29, 0.717) is 37.6 Å². The van der Waals surface area contributed by atoms with Crippen molar-refractivity contribution in [3.8, 4) is 11.5 Å². The molecule has 2 aliphatic rings. The van der Waals surface area contributed by atoms with Gasteiger partial charge in [0, 0.05) is 36.2 Å². The molecular formula is C23H28N3O4+. The molecule has 1 unspecified atom stereocenters. The summed E-state index contributed by atoms with van der Waals surface area (Å²) in [5, 5.41) is 5.72. The monoisotopic (exact) mass is 410 g/mol. The lowest BCUT2D eigenvalue weighted by Gasteiger charge is -2.24. The second-order valence-corrected chi connectivity index (χ2v) is 7.67. The van der Waals surface area contributed by atoms with Crippen LogP contribution >= 0.6 is 0 Å². The summed E-state index contributed by atoms with van der Waals surface area (Å²) in [7, 11) is 0. The number of carbonyl (C=O) groups excluding carboxylic acids is 2. The lowest BCUT2D eigenvalue weighted by atomic mass is 10.0. The third-order valence-electron chi connectivity index (χ3n) is 5.59. The Morgan fingerprint density at radius 3 is 2.77 bits per heavy atom. The predicted molar refractivity (Wildman–Crippen MR) is 113 cm³/mol. The van der Waals surface area contributed by atoms with Crippen LogP contribution in [0.3, 0.4) is 0 Å². The van der Waals surface area contributed by atoms with Gasteiger partial charge in [0.1, 0.15) is 19.3 Å². The Labute approximate surface area is 176 Å². The van der Waals surface area contributed by atoms with Gasteiger partial charge in [-0.3, -0.25) is 9.59 Å². The number of quaternary nitrogens is 1. The van der Waals surface area contributed by atoms with Crippen molar-refractivity contribution in [3.05, 3.63) is 53.6 Å². The first-order chi connectivity index (χ1) is 14.6. The number of hydrogen-bond acceptors (Lipinski definition) is 4. The van der Waals surface area contributed by atoms with Gasteiger partial charge in [0.15, 0.2) is 18.0 Å². The van der Waals surface area contributed by atoms with Gasteiger partial charge in [-0.25, -0.2) is 0 Å². The number of rotatable bonds is 6. The summed E-state index contributed by atoms with van der Waals surface area (Å²) < 4.78 is 11.3. The quantitative estimate of drug-likeness (QED) is 0.675. The van der Waals surface area contributed by atoms with Gasteiger partial charge in [0.05, 0.1) is 6.54 Å². The van der Waals surface area contributed by atoms with E-state index < -0.39 is 0 Å². The molecule has 0 aromatic heterocycles. The Morgan fingerprint density at radius 2 is 1.93 bits per heavy atom. The Bertz CT molecular complexity index is 930. The number of hydrogen-bond donors (Lipinski definition) is 3. The highest BCUT2D eigenvalue weighted by Crippen LogP contribution is 2.33. The van der Waals surface area contributed by atoms with Crippen molar-refractivity contribution in [3.63, 3.8) is 0 Å². The Morgan fingerprint density at radius 1 is 1.10 bits per heavy atom. The first-order valence-corrected chi connectivity index (χ1v) is 10.6. The van der Waals surface area contributed by atoms with Crippen molar-refractivity contribution in [2.45, 2.75) is 25.8 Å². The van der Waals surface area contributed by atoms with Gasteiger partial charge in [-0.1, -0.05) is 6.07 Å². The topological polar surface area (TPSA) is 81.1 Å². The minimum absolute atomic E-state index is 0.0532. The van der Waals surface area contributed by atoms with Gasteiger partial charge in [-0.05, 0) is 43.3 Å². The van der Waals surface area contributed by atoms with Crippen molar-refractivity contribution in [2.75, 3.05) is 38.2 Å². The maximum absolute atomic E-state index is 12.7. The third-order valence-corrected chi connectivity index (χ3v) is 5.59. The van der Waals surface area contributed by atoms with Crippen molar-refractivity contribution in [1.29, 1.82) is 0 Å². The normalized spacial score (nSPS) is 19.9. The molecule has 0 bridgehead atoms. The van der Waals surface area contributed by atoms with Crippen molar-refractivity contribution >= 4 is 17.5 Å². The highest BCUT2D eigenvalue weighted by molar-refractivity contribution is 5.97. The van der Waals surface area contributed by atoms with E-state index >= 15 is 0 Å². The Kier molecular flexibility index (Phi) is 6.18. The summed E-state index contributed by atoms with van der Waals surface area (Å²) in [5.74, 6) is 1.38. The molecule has 2 heterocycles. The van der Waals surface area contributed by atoms with Crippen LogP contribution in [-0.2, 0) is 4.79 Å². The van der Waals surface area contributed by atoms with Crippen LogP contribution < -0.4 is 25.0 Å². The van der Waals surface area contributed by atoms with Crippen molar-refractivity contribution < 1.29 is 24.0 Å². The molecule has 2 aromatic rings. The largest absolute Gasteiger partial charge is 0.486 e. The van der Waals surface area contributed by atoms with E-state index in [1.54, 1.807) is 24.3 Å². The standard InChI is InChI=1S/C23H27N3O4/c1-2-24-23(28)17-5-3-6-18(13-17)25-22(27)15-26-10-4-7-19(26)16-8-9-20-21(14-16)30-12-11-29-20/h3,5-6,8-9,13-14,19H,2,4,7,10-12,15H2,1H3,(H,24,28)(H,25,27)/p+1/t19-/m0/s1. The molecule has 1 fully saturated rings. The molecule has 2 atom stereocenters. The fourth-order valence-electron chi connectivity index (χ4n) is 4.21. The van der Waals surface area contributed by atoms with Gasteiger partial charge in [0.2, 0.25) is 0 Å². The molecule has 30 heavy (non-hydrogen) atoms. The Hall–Kier alpha value is -3.06. The van der Waals surface area contributed by atoms with Crippen LogP contribution in [0, 0.1) is 0 Å². The van der Waals surface area contributed by atoms with Gasteiger partial charge in [-0.15, -0.1) is 0 Å². The van der Waals surface area contributed by atoms with Crippen LogP contribution in [-0.4, -0.2) is 44.7 Å². The average molecular weight is 410 g/mol. The van der Waals surface area contributed by atoms with E-state index in [0.717, 1.165) is 30.9 Å². The second kappa shape index (κ2) is 9.17. The van der Waals surface area contributed by atoms with E-state index in [1.807, 2.05) is 13.0 Å². The molecule has 0 aliphatic carbocycles. The van der Waals surface area contributed by atoms with E-state index in [9.17, 15) is 9.59 Å². The maximum Gasteiger partial charge on any atom is 0.279 e. The highest BCUT2D eigenvalue weighted by Gasteiger charge is 2.32. The molecule has 2 amide bonds. The Balaban J connectivity index is 1.40. The number of anilines is 1. The summed E-state index contributed by atoms with van der Waals surface area (Å²) in [5.41, 5.74) is 2.35. The number of ether oxygens (including phenoxy) is 2. The molecule has 1 saturated heterocycles. The van der Waals surface area contributed by atoms with E-state index in [1.165, 1.54) is 10.5 Å². The van der Waals surface area contributed by atoms with Crippen LogP contribution in [0.25, 0.3) is 0 Å². The first kappa shape index (κ1) is 20.2. The zero-order valence-corrected chi connectivity index (χ0v) is 17.2.